The molecule has 0 aromatic carbocycles. The number of hydrogen-bond acceptors (Lipinski definition) is 4. The maximum atomic E-state index is 9.90. The molecule has 9 heavy (non-hydrogen) atoms. The first-order valence-corrected chi connectivity index (χ1v) is 3.61. The van der Waals surface area contributed by atoms with Gasteiger partial charge in [0, 0.05) is 0 Å². The molecular weight excluding hydrogens is 141 g/mol. The number of hydrogen-bond donors (Lipinski definition) is 0. The Morgan fingerprint density at radius 2 is 1.89 bits per heavy atom. The van der Waals surface area contributed by atoms with Crippen LogP contribution in [0.5, 0.6) is 0 Å². The average Bonchev–Trinajstić information content (AvgIpc) is 1.63. The molecule has 0 heterocycles. The van der Waals surface area contributed by atoms with Crippen molar-refractivity contribution in [2.24, 2.45) is 0 Å². The summed E-state index contributed by atoms with van der Waals surface area (Å²) in [5, 5.41) is 0. The van der Waals surface area contributed by atoms with E-state index in [9.17, 15) is 9.13 Å². The topological polar surface area (TPSA) is 46.6 Å². The van der Waals surface area contributed by atoms with E-state index in [2.05, 4.69) is 4.52 Å². The van der Waals surface area contributed by atoms with Gasteiger partial charge in [-0.1, -0.05) is 0 Å². The molecule has 1 unspecified atom stereocenters. The zero-order chi connectivity index (χ0) is 7.44. The van der Waals surface area contributed by atoms with Crippen LogP contribution in [0.25, 0.3) is 0 Å². The van der Waals surface area contributed by atoms with Crippen molar-refractivity contribution in [1.82, 2.24) is 4.90 Å². The van der Waals surface area contributed by atoms with Gasteiger partial charge in [-0.25, -0.2) is 9.13 Å². The van der Waals surface area contributed by atoms with E-state index >= 15 is 0 Å². The maximum absolute atomic E-state index is 9.90. The second-order valence-electron chi connectivity index (χ2n) is 1.89. The number of rotatable bonds is 3. The molecule has 0 bridgehead atoms. The first-order valence-electron chi connectivity index (χ1n) is 2.51. The summed E-state index contributed by atoms with van der Waals surface area (Å²) in [5.74, 6) is 0. The summed E-state index contributed by atoms with van der Waals surface area (Å²) in [5.41, 5.74) is 0. The van der Waals surface area contributed by atoms with E-state index in [1.807, 2.05) is 0 Å². The average molecular weight is 151 g/mol. The second-order valence-corrected chi connectivity index (χ2v) is 2.55. The van der Waals surface area contributed by atoms with E-state index in [-0.39, 0.29) is 6.23 Å². The monoisotopic (exact) mass is 151 g/mol. The molecule has 0 aliphatic heterocycles. The van der Waals surface area contributed by atoms with Crippen molar-refractivity contribution < 1.29 is 13.7 Å². The SMILES string of the molecule is CC(OP(=O)=O)N(C)C. The van der Waals surface area contributed by atoms with E-state index < -0.39 is 7.91 Å². The summed E-state index contributed by atoms with van der Waals surface area (Å²) in [6.07, 6.45) is -0.369. The maximum Gasteiger partial charge on any atom is 0.469 e. The van der Waals surface area contributed by atoms with Crippen molar-refractivity contribution in [3.8, 4) is 0 Å². The van der Waals surface area contributed by atoms with Crippen molar-refractivity contribution in [3.05, 3.63) is 0 Å². The van der Waals surface area contributed by atoms with E-state index in [0.717, 1.165) is 0 Å². The first kappa shape index (κ1) is 8.82. The van der Waals surface area contributed by atoms with Gasteiger partial charge in [-0.2, -0.15) is 0 Å². The van der Waals surface area contributed by atoms with Gasteiger partial charge < -0.3 is 0 Å². The third-order valence-corrected chi connectivity index (χ3v) is 1.44. The lowest BCUT2D eigenvalue weighted by Crippen LogP contribution is -2.24. The summed E-state index contributed by atoms with van der Waals surface area (Å²) in [6.45, 7) is 1.66. The van der Waals surface area contributed by atoms with Crippen LogP contribution in [0.1, 0.15) is 6.92 Å². The lowest BCUT2D eigenvalue weighted by Gasteiger charge is -2.14. The zero-order valence-electron chi connectivity index (χ0n) is 5.70. The van der Waals surface area contributed by atoms with Crippen LogP contribution in [0.15, 0.2) is 0 Å². The Morgan fingerprint density at radius 1 is 1.44 bits per heavy atom. The van der Waals surface area contributed by atoms with Crippen LogP contribution in [0.3, 0.4) is 0 Å². The molecule has 0 saturated heterocycles. The largest absolute Gasteiger partial charge is 0.469 e. The summed E-state index contributed by atoms with van der Waals surface area (Å²) in [7, 11) is 0.765. The smallest absolute Gasteiger partial charge is 0.284 e. The van der Waals surface area contributed by atoms with Gasteiger partial charge in [0.2, 0.25) is 0 Å². The van der Waals surface area contributed by atoms with Crippen LogP contribution in [0.2, 0.25) is 0 Å². The summed E-state index contributed by atoms with van der Waals surface area (Å²) in [4.78, 5) is 1.66. The van der Waals surface area contributed by atoms with E-state index in [1.54, 1.807) is 25.9 Å². The Morgan fingerprint density at radius 3 is 2.00 bits per heavy atom. The van der Waals surface area contributed by atoms with Crippen LogP contribution < -0.4 is 0 Å². The predicted octanol–water partition coefficient (Wildman–Crippen LogP) is 0.998. The van der Waals surface area contributed by atoms with Crippen molar-refractivity contribution >= 4 is 7.91 Å². The van der Waals surface area contributed by atoms with Crippen LogP contribution in [0, 0.1) is 0 Å². The molecule has 0 fully saturated rings. The molecule has 0 N–H and O–H groups in total. The van der Waals surface area contributed by atoms with Crippen LogP contribution in [-0.2, 0) is 13.7 Å². The van der Waals surface area contributed by atoms with E-state index in [0.29, 0.717) is 0 Å². The van der Waals surface area contributed by atoms with Crippen molar-refractivity contribution in [3.63, 3.8) is 0 Å². The van der Waals surface area contributed by atoms with Gasteiger partial charge in [0.15, 0.2) is 0 Å². The lowest BCUT2D eigenvalue weighted by molar-refractivity contribution is 0.0855. The van der Waals surface area contributed by atoms with Gasteiger partial charge >= 0.3 is 7.91 Å². The Kier molecular flexibility index (Phi) is 3.70. The molecule has 0 rings (SSSR count). The molecule has 1 atom stereocenters. The minimum Gasteiger partial charge on any atom is -0.284 e. The predicted molar refractivity (Wildman–Crippen MR) is 32.5 cm³/mol. The van der Waals surface area contributed by atoms with Crippen LogP contribution in [-0.4, -0.2) is 25.2 Å². The van der Waals surface area contributed by atoms with Gasteiger partial charge in [-0.15, -0.1) is 0 Å². The summed E-state index contributed by atoms with van der Waals surface area (Å²) >= 11 is 0. The molecule has 0 aliphatic carbocycles. The molecule has 0 aliphatic rings. The molecule has 0 saturated carbocycles. The highest BCUT2D eigenvalue weighted by atomic mass is 31.1. The van der Waals surface area contributed by atoms with Gasteiger partial charge in [-0.05, 0) is 21.0 Å². The fraction of sp³-hybridized carbons (Fsp3) is 1.00. The van der Waals surface area contributed by atoms with Gasteiger partial charge in [0.25, 0.3) is 0 Å². The highest BCUT2D eigenvalue weighted by Crippen LogP contribution is 2.10. The lowest BCUT2D eigenvalue weighted by atomic mass is 10.6. The number of nitrogens with zero attached hydrogens (tertiary/aromatic N) is 1. The molecule has 4 nitrogen and oxygen atoms in total. The highest BCUT2D eigenvalue weighted by Gasteiger charge is 2.05. The van der Waals surface area contributed by atoms with Gasteiger partial charge in [-0.3, -0.25) is 9.42 Å². The van der Waals surface area contributed by atoms with E-state index in [1.165, 1.54) is 0 Å². The summed E-state index contributed by atoms with van der Waals surface area (Å²) in [6, 6.07) is 0. The molecule has 0 spiro atoms. The molecular formula is C4H10NO3P. The van der Waals surface area contributed by atoms with Crippen LogP contribution >= 0.6 is 7.91 Å². The molecule has 0 aromatic rings. The molecule has 54 valence electrons. The molecule has 0 radical (unpaired) electrons. The highest BCUT2D eigenvalue weighted by molar-refractivity contribution is 7.24. The van der Waals surface area contributed by atoms with Gasteiger partial charge in [0.05, 0.1) is 0 Å². The quantitative estimate of drug-likeness (QED) is 0.446. The van der Waals surface area contributed by atoms with Crippen molar-refractivity contribution in [1.29, 1.82) is 0 Å². The second kappa shape index (κ2) is 3.77. The Bertz CT molecular complexity index is 135. The van der Waals surface area contributed by atoms with Crippen molar-refractivity contribution in [2.45, 2.75) is 13.2 Å². The Labute approximate surface area is 54.7 Å². The third-order valence-electron chi connectivity index (χ3n) is 0.966. The molecule has 5 heteroatoms. The minimum absolute atomic E-state index is 0.369. The van der Waals surface area contributed by atoms with E-state index in [4.69, 9.17) is 0 Å². The first-order chi connectivity index (χ1) is 4.04. The molecule has 0 amide bonds. The third kappa shape index (κ3) is 4.33. The fourth-order valence-corrected chi connectivity index (χ4v) is 0.657. The zero-order valence-corrected chi connectivity index (χ0v) is 6.59. The normalized spacial score (nSPS) is 13.8. The summed E-state index contributed by atoms with van der Waals surface area (Å²) < 4.78 is 24.2. The Balaban J connectivity index is 3.63. The Hall–Kier alpha value is -0.180. The molecule has 0 aromatic heterocycles. The standard InChI is InChI=1S/C4H10NO3P/c1-4(5(2)3)8-9(6)7/h4H,1-3H3. The van der Waals surface area contributed by atoms with Crippen LogP contribution in [0.4, 0.5) is 0 Å². The minimum atomic E-state index is -2.71. The fourth-order valence-electron chi connectivity index (χ4n) is 0.219. The van der Waals surface area contributed by atoms with Gasteiger partial charge in [0.1, 0.15) is 6.23 Å². The van der Waals surface area contributed by atoms with Crippen molar-refractivity contribution in [2.75, 3.05) is 14.1 Å².